The van der Waals surface area contributed by atoms with Crippen molar-refractivity contribution in [2.75, 3.05) is 20.5 Å². The summed E-state index contributed by atoms with van der Waals surface area (Å²) < 4.78 is 45.5. The van der Waals surface area contributed by atoms with Gasteiger partial charge in [0.05, 0.1) is 28.6 Å². The minimum atomic E-state index is -3.88. The summed E-state index contributed by atoms with van der Waals surface area (Å²) in [6, 6.07) is 18.2. The van der Waals surface area contributed by atoms with Crippen LogP contribution in [-0.2, 0) is 26.1 Å². The van der Waals surface area contributed by atoms with Crippen LogP contribution in [0, 0.1) is 6.92 Å². The molecule has 0 amide bonds. The smallest absolute Gasteiger partial charge is 0.241 e. The highest BCUT2D eigenvalue weighted by atomic mass is 79.9. The molecule has 0 aliphatic heterocycles. The summed E-state index contributed by atoms with van der Waals surface area (Å²) in [5, 5.41) is 10.7. The molecule has 1 atom stereocenters. The molecule has 2 N–H and O–H groups in total. The van der Waals surface area contributed by atoms with E-state index in [9.17, 15) is 13.5 Å². The lowest BCUT2D eigenvalue weighted by molar-refractivity contribution is 0.0504. The van der Waals surface area contributed by atoms with Crippen LogP contribution in [0.5, 0.6) is 11.5 Å². The van der Waals surface area contributed by atoms with Crippen molar-refractivity contribution in [3.8, 4) is 11.5 Å². The average molecular weight is 536 g/mol. The molecular weight excluding hydrogens is 510 g/mol. The van der Waals surface area contributed by atoms with Gasteiger partial charge in [-0.15, -0.1) is 0 Å². The Morgan fingerprint density at radius 2 is 1.76 bits per heavy atom. The molecule has 0 bridgehead atoms. The molecule has 3 rings (SSSR count). The number of hydrogen-bond acceptors (Lipinski definition) is 6. The third-order valence-electron chi connectivity index (χ3n) is 4.81. The van der Waals surface area contributed by atoms with Crippen LogP contribution in [0.15, 0.2) is 76.1 Å². The van der Waals surface area contributed by atoms with Crippen molar-refractivity contribution in [2.24, 2.45) is 0 Å². The van der Waals surface area contributed by atoms with Crippen LogP contribution >= 0.6 is 15.9 Å². The van der Waals surface area contributed by atoms with Crippen LogP contribution in [0.1, 0.15) is 22.7 Å². The third-order valence-corrected chi connectivity index (χ3v) is 6.92. The second kappa shape index (κ2) is 11.6. The van der Waals surface area contributed by atoms with Crippen molar-refractivity contribution in [1.29, 1.82) is 0 Å². The molecule has 0 aliphatic rings. The number of aromatic hydroxyl groups is 1. The van der Waals surface area contributed by atoms with Gasteiger partial charge in [-0.25, -0.2) is 13.1 Å². The number of methoxy groups -OCH3 is 1. The van der Waals surface area contributed by atoms with Crippen LogP contribution in [0.4, 0.5) is 0 Å². The van der Waals surface area contributed by atoms with Gasteiger partial charge < -0.3 is 19.3 Å². The lowest BCUT2D eigenvalue weighted by Crippen LogP contribution is -2.31. The molecule has 3 aromatic carbocycles. The fraction of sp³-hybridized carbons (Fsp3) is 0.250. The summed E-state index contributed by atoms with van der Waals surface area (Å²) >= 11 is 3.41. The monoisotopic (exact) mass is 535 g/mol. The lowest BCUT2D eigenvalue weighted by atomic mass is 10.1. The third kappa shape index (κ3) is 7.02. The maximum atomic E-state index is 13.1. The molecule has 3 aromatic rings. The number of halogens is 1. The summed E-state index contributed by atoms with van der Waals surface area (Å²) in [5.74, 6) is 0.229. The fourth-order valence-electron chi connectivity index (χ4n) is 3.10. The first kappa shape index (κ1) is 25.2. The zero-order valence-corrected chi connectivity index (χ0v) is 20.7. The Hall–Kier alpha value is -2.43. The second-order valence-corrected chi connectivity index (χ2v) is 9.95. The fourth-order valence-corrected chi connectivity index (χ4v) is 4.77. The summed E-state index contributed by atoms with van der Waals surface area (Å²) in [5.41, 5.74) is 2.24. The van der Waals surface area contributed by atoms with Crippen molar-refractivity contribution in [1.82, 2.24) is 4.72 Å². The molecule has 9 heteroatoms. The van der Waals surface area contributed by atoms with E-state index in [1.807, 2.05) is 37.3 Å². The van der Waals surface area contributed by atoms with E-state index in [4.69, 9.17) is 14.2 Å². The zero-order chi connectivity index (χ0) is 23.8. The number of hydrogen-bond donors (Lipinski definition) is 2. The van der Waals surface area contributed by atoms with E-state index in [1.54, 1.807) is 18.2 Å². The SMILES string of the molecule is COCOc1cc(O)c([C@@H](COCc2ccccc2)NS(=O)(=O)c2ccc(C)cc2)cc1Br. The van der Waals surface area contributed by atoms with Gasteiger partial charge in [-0.1, -0.05) is 48.0 Å². The minimum absolute atomic E-state index is 0.00105. The molecule has 0 saturated heterocycles. The van der Waals surface area contributed by atoms with E-state index < -0.39 is 16.1 Å². The number of rotatable bonds is 11. The van der Waals surface area contributed by atoms with Gasteiger partial charge in [-0.2, -0.15) is 0 Å². The maximum absolute atomic E-state index is 13.1. The Kier molecular flexibility index (Phi) is 8.87. The molecule has 0 saturated carbocycles. The van der Waals surface area contributed by atoms with Gasteiger partial charge >= 0.3 is 0 Å². The van der Waals surface area contributed by atoms with Gasteiger partial charge in [0.15, 0.2) is 6.79 Å². The number of nitrogens with one attached hydrogen (secondary N) is 1. The molecule has 0 fully saturated rings. The summed E-state index contributed by atoms with van der Waals surface area (Å²) in [6.07, 6.45) is 0. The van der Waals surface area contributed by atoms with Gasteiger partial charge in [0.1, 0.15) is 11.5 Å². The van der Waals surface area contributed by atoms with Gasteiger partial charge in [0.2, 0.25) is 10.0 Å². The Bertz CT molecular complexity index is 1150. The Morgan fingerprint density at radius 1 is 1.06 bits per heavy atom. The highest BCUT2D eigenvalue weighted by Gasteiger charge is 2.25. The topological polar surface area (TPSA) is 94.1 Å². The average Bonchev–Trinajstić information content (AvgIpc) is 2.79. The number of benzene rings is 3. The van der Waals surface area contributed by atoms with E-state index in [-0.39, 0.29) is 24.0 Å². The van der Waals surface area contributed by atoms with E-state index in [2.05, 4.69) is 20.7 Å². The van der Waals surface area contributed by atoms with Crippen LogP contribution in [0.2, 0.25) is 0 Å². The molecule has 0 heterocycles. The zero-order valence-electron chi connectivity index (χ0n) is 18.3. The molecule has 176 valence electrons. The first-order chi connectivity index (χ1) is 15.8. The van der Waals surface area contributed by atoms with Crippen molar-refractivity contribution >= 4 is 26.0 Å². The number of phenolic OH excluding ortho intramolecular Hbond substituents is 1. The van der Waals surface area contributed by atoms with Gasteiger partial charge in [-0.3, -0.25) is 0 Å². The van der Waals surface area contributed by atoms with Gasteiger partial charge in [0.25, 0.3) is 0 Å². The van der Waals surface area contributed by atoms with Crippen molar-refractivity contribution in [3.63, 3.8) is 0 Å². The maximum Gasteiger partial charge on any atom is 0.241 e. The second-order valence-electron chi connectivity index (χ2n) is 7.38. The van der Waals surface area contributed by atoms with Crippen molar-refractivity contribution in [2.45, 2.75) is 24.5 Å². The summed E-state index contributed by atoms with van der Waals surface area (Å²) in [6.45, 7) is 2.17. The molecule has 0 unspecified atom stereocenters. The minimum Gasteiger partial charge on any atom is -0.507 e. The van der Waals surface area contributed by atoms with Crippen molar-refractivity contribution in [3.05, 3.63) is 87.9 Å². The van der Waals surface area contributed by atoms with E-state index in [0.29, 0.717) is 22.4 Å². The molecule has 33 heavy (non-hydrogen) atoms. The molecule has 0 spiro atoms. The Morgan fingerprint density at radius 3 is 2.42 bits per heavy atom. The standard InChI is InChI=1S/C24H26BrNO6S/c1-17-8-10-19(11-9-17)33(28,29)26-22(15-31-14-18-6-4-3-5-7-18)20-12-21(25)24(13-23(20)27)32-16-30-2/h3-13,22,26-27H,14-16H2,1-2H3/t22-/m1/s1. The van der Waals surface area contributed by atoms with Crippen LogP contribution in [0.25, 0.3) is 0 Å². The summed E-state index contributed by atoms with van der Waals surface area (Å²) in [7, 11) is -2.39. The largest absolute Gasteiger partial charge is 0.507 e. The lowest BCUT2D eigenvalue weighted by Gasteiger charge is -2.21. The van der Waals surface area contributed by atoms with E-state index >= 15 is 0 Å². The molecular formula is C24H26BrNO6S. The number of sulfonamides is 1. The van der Waals surface area contributed by atoms with Gasteiger partial charge in [-0.05, 0) is 46.6 Å². The number of aryl methyl sites for hydroxylation is 1. The van der Waals surface area contributed by atoms with Crippen molar-refractivity contribution < 1.29 is 27.7 Å². The molecule has 0 aromatic heterocycles. The van der Waals surface area contributed by atoms with Crippen LogP contribution in [-0.4, -0.2) is 34.0 Å². The van der Waals surface area contributed by atoms with Crippen LogP contribution in [0.3, 0.4) is 0 Å². The first-order valence-electron chi connectivity index (χ1n) is 10.1. The number of phenols is 1. The molecule has 0 radical (unpaired) electrons. The Labute approximate surface area is 202 Å². The molecule has 7 nitrogen and oxygen atoms in total. The summed E-state index contributed by atoms with van der Waals surface area (Å²) in [4.78, 5) is 0.125. The quantitative estimate of drug-likeness (QED) is 0.346. The van der Waals surface area contributed by atoms with E-state index in [1.165, 1.54) is 25.3 Å². The van der Waals surface area contributed by atoms with E-state index in [0.717, 1.165) is 11.1 Å². The highest BCUT2D eigenvalue weighted by Crippen LogP contribution is 2.36. The normalized spacial score (nSPS) is 12.5. The van der Waals surface area contributed by atoms with Gasteiger partial charge in [0, 0.05) is 18.7 Å². The van der Waals surface area contributed by atoms with Crippen LogP contribution < -0.4 is 9.46 Å². The Balaban J connectivity index is 1.87. The predicted octanol–water partition coefficient (Wildman–Crippen LogP) is 4.68. The number of ether oxygens (including phenoxy) is 3. The highest BCUT2D eigenvalue weighted by molar-refractivity contribution is 9.10. The molecule has 0 aliphatic carbocycles. The first-order valence-corrected chi connectivity index (χ1v) is 12.4. The predicted molar refractivity (Wildman–Crippen MR) is 129 cm³/mol.